The van der Waals surface area contributed by atoms with E-state index in [-0.39, 0.29) is 17.7 Å². The minimum absolute atomic E-state index is 0.133. The first-order valence-corrected chi connectivity index (χ1v) is 9.21. The second-order valence-corrected chi connectivity index (χ2v) is 6.93. The second kappa shape index (κ2) is 9.73. The molecule has 2 rings (SSSR count). The topological polar surface area (TPSA) is 93.7 Å². The van der Waals surface area contributed by atoms with Crippen LogP contribution in [0.2, 0.25) is 0 Å². The number of anilines is 1. The van der Waals surface area contributed by atoms with Crippen LogP contribution < -0.4 is 15.4 Å². The van der Waals surface area contributed by atoms with Crippen molar-refractivity contribution in [1.82, 2.24) is 5.32 Å². The highest BCUT2D eigenvalue weighted by Crippen LogP contribution is 2.19. The van der Waals surface area contributed by atoms with E-state index in [1.807, 2.05) is 13.8 Å². The summed E-state index contributed by atoms with van der Waals surface area (Å²) in [6, 6.07) is 10.8. The molecule has 0 spiro atoms. The van der Waals surface area contributed by atoms with Gasteiger partial charge in [0.1, 0.15) is 11.8 Å². The zero-order valence-electron chi connectivity index (χ0n) is 17.2. The van der Waals surface area contributed by atoms with Crippen LogP contribution in [0.15, 0.2) is 42.5 Å². The predicted octanol–water partition coefficient (Wildman–Crippen LogP) is 3.18. The van der Waals surface area contributed by atoms with Crippen LogP contribution in [0.25, 0.3) is 0 Å². The number of methoxy groups -OCH3 is 2. The SMILES string of the molecule is COC(=O)c1ccc(NC(=O)C(NC(=O)c2ccc(OC)cc2)C(C)C)c(C)c1. The molecule has 2 aromatic carbocycles. The van der Waals surface area contributed by atoms with Crippen molar-refractivity contribution < 1.29 is 23.9 Å². The summed E-state index contributed by atoms with van der Waals surface area (Å²) >= 11 is 0. The van der Waals surface area contributed by atoms with Crippen LogP contribution in [-0.2, 0) is 9.53 Å². The molecule has 0 fully saturated rings. The first-order valence-electron chi connectivity index (χ1n) is 9.21. The smallest absolute Gasteiger partial charge is 0.337 e. The van der Waals surface area contributed by atoms with E-state index in [1.165, 1.54) is 7.11 Å². The zero-order valence-corrected chi connectivity index (χ0v) is 17.2. The van der Waals surface area contributed by atoms with Gasteiger partial charge in [-0.25, -0.2) is 4.79 Å². The number of amides is 2. The van der Waals surface area contributed by atoms with Crippen LogP contribution >= 0.6 is 0 Å². The third-order valence-corrected chi connectivity index (χ3v) is 4.49. The summed E-state index contributed by atoms with van der Waals surface area (Å²) in [7, 11) is 2.86. The highest BCUT2D eigenvalue weighted by Gasteiger charge is 2.25. The first kappa shape index (κ1) is 21.9. The van der Waals surface area contributed by atoms with Crippen molar-refractivity contribution in [2.45, 2.75) is 26.8 Å². The lowest BCUT2D eigenvalue weighted by atomic mass is 10.0. The highest BCUT2D eigenvalue weighted by atomic mass is 16.5. The standard InChI is InChI=1S/C22H26N2O5/c1-13(2)19(24-20(25)15-6-9-17(28-4)10-7-15)21(26)23-18-11-8-16(12-14(18)3)22(27)29-5/h6-13,19H,1-5H3,(H,23,26)(H,24,25). The Balaban J connectivity index is 2.12. The van der Waals surface area contributed by atoms with Crippen molar-refractivity contribution in [3.05, 3.63) is 59.2 Å². The summed E-state index contributed by atoms with van der Waals surface area (Å²) in [5.74, 6) is -0.620. The molecule has 1 atom stereocenters. The molecule has 0 bridgehead atoms. The minimum Gasteiger partial charge on any atom is -0.497 e. The monoisotopic (exact) mass is 398 g/mol. The number of nitrogens with one attached hydrogen (secondary N) is 2. The van der Waals surface area contributed by atoms with Crippen molar-refractivity contribution in [3.8, 4) is 5.75 Å². The Bertz CT molecular complexity index is 891. The molecular weight excluding hydrogens is 372 g/mol. The van der Waals surface area contributed by atoms with Crippen LogP contribution in [-0.4, -0.2) is 38.0 Å². The number of hydrogen-bond acceptors (Lipinski definition) is 5. The Labute approximate surface area is 170 Å². The molecule has 0 saturated heterocycles. The van der Waals surface area contributed by atoms with E-state index in [1.54, 1.807) is 56.5 Å². The predicted molar refractivity (Wildman–Crippen MR) is 110 cm³/mol. The number of rotatable bonds is 7. The van der Waals surface area contributed by atoms with Crippen molar-refractivity contribution in [3.63, 3.8) is 0 Å². The molecular formula is C22H26N2O5. The van der Waals surface area contributed by atoms with Gasteiger partial charge in [-0.1, -0.05) is 13.8 Å². The molecule has 0 aliphatic heterocycles. The summed E-state index contributed by atoms with van der Waals surface area (Å²) < 4.78 is 9.79. The molecule has 0 aromatic heterocycles. The van der Waals surface area contributed by atoms with E-state index in [0.717, 1.165) is 0 Å². The third kappa shape index (κ3) is 5.57. The normalized spacial score (nSPS) is 11.5. The van der Waals surface area contributed by atoms with E-state index >= 15 is 0 Å². The first-order chi connectivity index (χ1) is 13.8. The Kier molecular flexibility index (Phi) is 7.36. The summed E-state index contributed by atoms with van der Waals surface area (Å²) in [5, 5.41) is 5.61. The molecule has 154 valence electrons. The van der Waals surface area contributed by atoms with Crippen molar-refractivity contribution in [2.24, 2.45) is 5.92 Å². The number of ether oxygens (including phenoxy) is 2. The average Bonchev–Trinajstić information content (AvgIpc) is 2.72. The molecule has 1 unspecified atom stereocenters. The van der Waals surface area contributed by atoms with Gasteiger partial charge in [0.15, 0.2) is 0 Å². The quantitative estimate of drug-likeness (QED) is 0.699. The summed E-state index contributed by atoms with van der Waals surface area (Å²) in [6.07, 6.45) is 0. The van der Waals surface area contributed by atoms with Crippen LogP contribution in [0, 0.1) is 12.8 Å². The zero-order chi connectivity index (χ0) is 21.6. The summed E-state index contributed by atoms with van der Waals surface area (Å²) in [4.78, 5) is 37.0. The third-order valence-electron chi connectivity index (χ3n) is 4.49. The average molecular weight is 398 g/mol. The number of hydrogen-bond donors (Lipinski definition) is 2. The fraction of sp³-hybridized carbons (Fsp3) is 0.318. The Morgan fingerprint density at radius 3 is 2.07 bits per heavy atom. The van der Waals surface area contributed by atoms with Crippen molar-refractivity contribution in [2.75, 3.05) is 19.5 Å². The molecule has 7 nitrogen and oxygen atoms in total. The molecule has 0 saturated carbocycles. The maximum absolute atomic E-state index is 12.8. The van der Waals surface area contributed by atoms with Gasteiger partial charge in [0.25, 0.3) is 5.91 Å². The van der Waals surface area contributed by atoms with Crippen LogP contribution in [0.5, 0.6) is 5.75 Å². The largest absolute Gasteiger partial charge is 0.497 e. The number of esters is 1. The lowest BCUT2D eigenvalue weighted by molar-refractivity contribution is -0.118. The molecule has 2 aromatic rings. The fourth-order valence-electron chi connectivity index (χ4n) is 2.76. The molecule has 2 N–H and O–H groups in total. The van der Waals surface area contributed by atoms with Crippen molar-refractivity contribution in [1.29, 1.82) is 0 Å². The molecule has 29 heavy (non-hydrogen) atoms. The van der Waals surface area contributed by atoms with Gasteiger partial charge in [-0.05, 0) is 60.9 Å². The Morgan fingerprint density at radius 1 is 0.931 bits per heavy atom. The number of aryl methyl sites for hydroxylation is 1. The molecule has 0 aliphatic carbocycles. The maximum atomic E-state index is 12.8. The van der Waals surface area contributed by atoms with Gasteiger partial charge in [0, 0.05) is 11.3 Å². The molecule has 0 heterocycles. The van der Waals surface area contributed by atoms with Gasteiger partial charge in [-0.15, -0.1) is 0 Å². The van der Waals surface area contributed by atoms with Gasteiger partial charge >= 0.3 is 5.97 Å². The fourth-order valence-corrected chi connectivity index (χ4v) is 2.76. The highest BCUT2D eigenvalue weighted by molar-refractivity contribution is 6.02. The summed E-state index contributed by atoms with van der Waals surface area (Å²) in [5.41, 5.74) is 2.11. The number of carbonyl (C=O) groups excluding carboxylic acids is 3. The van der Waals surface area contributed by atoms with E-state index in [0.29, 0.717) is 28.1 Å². The lowest BCUT2D eigenvalue weighted by Crippen LogP contribution is -2.47. The maximum Gasteiger partial charge on any atom is 0.337 e. The van der Waals surface area contributed by atoms with E-state index in [4.69, 9.17) is 9.47 Å². The summed E-state index contributed by atoms with van der Waals surface area (Å²) in [6.45, 7) is 5.49. The molecule has 2 amide bonds. The van der Waals surface area contributed by atoms with E-state index in [9.17, 15) is 14.4 Å². The van der Waals surface area contributed by atoms with Gasteiger partial charge in [0.2, 0.25) is 5.91 Å². The Morgan fingerprint density at radius 2 is 1.55 bits per heavy atom. The van der Waals surface area contributed by atoms with E-state index in [2.05, 4.69) is 10.6 Å². The Hall–Kier alpha value is -3.35. The second-order valence-electron chi connectivity index (χ2n) is 6.93. The van der Waals surface area contributed by atoms with E-state index < -0.39 is 12.0 Å². The van der Waals surface area contributed by atoms with Gasteiger partial charge in [-0.2, -0.15) is 0 Å². The lowest BCUT2D eigenvalue weighted by Gasteiger charge is -2.22. The number of carbonyl (C=O) groups is 3. The van der Waals surface area contributed by atoms with Crippen LogP contribution in [0.4, 0.5) is 5.69 Å². The van der Waals surface area contributed by atoms with Gasteiger partial charge in [0.05, 0.1) is 19.8 Å². The molecule has 7 heteroatoms. The van der Waals surface area contributed by atoms with Crippen molar-refractivity contribution >= 4 is 23.5 Å². The van der Waals surface area contributed by atoms with Gasteiger partial charge in [-0.3, -0.25) is 9.59 Å². The van der Waals surface area contributed by atoms with Crippen LogP contribution in [0.3, 0.4) is 0 Å². The molecule has 0 aliphatic rings. The van der Waals surface area contributed by atoms with Crippen LogP contribution in [0.1, 0.15) is 40.1 Å². The van der Waals surface area contributed by atoms with Gasteiger partial charge < -0.3 is 20.1 Å². The number of benzene rings is 2. The minimum atomic E-state index is -0.732. The molecule has 0 radical (unpaired) electrons.